The number of nitrogens with zero attached hydrogens (tertiary/aromatic N) is 5. The number of morpholine rings is 1. The van der Waals surface area contributed by atoms with E-state index in [4.69, 9.17) is 19.0 Å². The maximum Gasteiger partial charge on any atom is 0.422 e. The van der Waals surface area contributed by atoms with Gasteiger partial charge in [0.2, 0.25) is 5.65 Å². The lowest BCUT2D eigenvalue weighted by atomic mass is 10.1. The van der Waals surface area contributed by atoms with Crippen LogP contribution in [0.4, 0.5) is 13.2 Å². The molecule has 33 heavy (non-hydrogen) atoms. The monoisotopic (exact) mass is 467 g/mol. The van der Waals surface area contributed by atoms with Crippen LogP contribution in [0.2, 0.25) is 0 Å². The zero-order valence-corrected chi connectivity index (χ0v) is 17.5. The number of hydrogen-bond acceptors (Lipinski definition) is 8. The predicted molar refractivity (Wildman–Crippen MR) is 107 cm³/mol. The van der Waals surface area contributed by atoms with E-state index < -0.39 is 24.8 Å². The number of methoxy groups -OCH3 is 1. The molecule has 4 rings (SSSR count). The van der Waals surface area contributed by atoms with Gasteiger partial charge in [0.05, 0.1) is 25.8 Å². The van der Waals surface area contributed by atoms with E-state index in [-0.39, 0.29) is 37.6 Å². The Morgan fingerprint density at radius 1 is 1.30 bits per heavy atom. The van der Waals surface area contributed by atoms with Crippen molar-refractivity contribution in [1.29, 1.82) is 0 Å². The minimum absolute atomic E-state index is 0.0355. The van der Waals surface area contributed by atoms with E-state index in [1.807, 2.05) is 0 Å². The van der Waals surface area contributed by atoms with Crippen molar-refractivity contribution in [1.82, 2.24) is 25.0 Å². The van der Waals surface area contributed by atoms with Crippen LogP contribution in [0.1, 0.15) is 10.4 Å². The molecule has 3 heterocycles. The normalized spacial score (nSPS) is 16.6. The van der Waals surface area contributed by atoms with Gasteiger partial charge in [-0.3, -0.25) is 4.79 Å². The topological polar surface area (TPSA) is 101 Å². The first-order chi connectivity index (χ1) is 15.8. The van der Waals surface area contributed by atoms with Gasteiger partial charge in [-0.15, -0.1) is 5.10 Å². The van der Waals surface area contributed by atoms with Crippen molar-refractivity contribution in [2.75, 3.05) is 40.0 Å². The summed E-state index contributed by atoms with van der Waals surface area (Å²) >= 11 is 0. The summed E-state index contributed by atoms with van der Waals surface area (Å²) in [5.41, 5.74) is 0.957. The highest BCUT2D eigenvalue weighted by atomic mass is 19.4. The molecular weight excluding hydrogens is 447 g/mol. The van der Waals surface area contributed by atoms with Crippen LogP contribution < -0.4 is 14.3 Å². The Bertz CT molecular complexity index is 1120. The average Bonchev–Trinajstić information content (AvgIpc) is 3.23. The maximum absolute atomic E-state index is 13.1. The molecule has 1 aliphatic heterocycles. The first-order valence-corrected chi connectivity index (χ1v) is 9.92. The zero-order valence-electron chi connectivity index (χ0n) is 17.5. The number of halogens is 3. The lowest BCUT2D eigenvalue weighted by molar-refractivity contribution is -0.153. The molecule has 3 aromatic rings. The van der Waals surface area contributed by atoms with Gasteiger partial charge in [0.15, 0.2) is 6.61 Å². The third-order valence-corrected chi connectivity index (χ3v) is 4.80. The fourth-order valence-electron chi connectivity index (χ4n) is 3.25. The molecule has 13 heteroatoms. The van der Waals surface area contributed by atoms with Crippen LogP contribution in [-0.2, 0) is 4.74 Å². The molecule has 176 valence electrons. The van der Waals surface area contributed by atoms with Crippen LogP contribution >= 0.6 is 0 Å². The number of alkyl halides is 3. The van der Waals surface area contributed by atoms with E-state index in [0.717, 1.165) is 0 Å². The quantitative estimate of drug-likeness (QED) is 0.518. The Labute approximate surface area is 185 Å². The van der Waals surface area contributed by atoms with Gasteiger partial charge in [-0.25, -0.2) is 4.98 Å². The number of carbonyl (C=O) groups is 1. The second kappa shape index (κ2) is 9.48. The lowest BCUT2D eigenvalue weighted by Gasteiger charge is -2.33. The molecular formula is C20H20F3N5O5. The van der Waals surface area contributed by atoms with Crippen molar-refractivity contribution in [2.45, 2.75) is 12.3 Å². The molecule has 0 spiro atoms. The van der Waals surface area contributed by atoms with Crippen molar-refractivity contribution in [3.63, 3.8) is 0 Å². The Hall–Kier alpha value is -3.61. The van der Waals surface area contributed by atoms with E-state index in [2.05, 4.69) is 15.3 Å². The van der Waals surface area contributed by atoms with Crippen LogP contribution in [-0.4, -0.2) is 83.2 Å². The Morgan fingerprint density at radius 2 is 2.15 bits per heavy atom. The highest BCUT2D eigenvalue weighted by Gasteiger charge is 2.31. The number of hydrogen-bond donors (Lipinski definition) is 0. The standard InChI is InChI=1S/C20H20F3N5O5/c1-30-13-4-5-17(32-12-20(21,22)23)15(9-13)19(29)27-7-8-31-14(10-27)11-33-28-18-16(25-26-28)3-2-6-24-18/h2-6,9,14H,7-8,10-12H2,1H3. The smallest absolute Gasteiger partial charge is 0.422 e. The maximum atomic E-state index is 13.1. The number of amides is 1. The Kier molecular flexibility index (Phi) is 6.49. The van der Waals surface area contributed by atoms with Crippen molar-refractivity contribution >= 4 is 17.1 Å². The molecule has 0 N–H and O–H groups in total. The van der Waals surface area contributed by atoms with Gasteiger partial charge < -0.3 is 23.9 Å². The summed E-state index contributed by atoms with van der Waals surface area (Å²) in [6.45, 7) is -0.847. The molecule has 10 nitrogen and oxygen atoms in total. The largest absolute Gasteiger partial charge is 0.497 e. The van der Waals surface area contributed by atoms with Crippen molar-refractivity contribution in [3.05, 3.63) is 42.1 Å². The zero-order chi connectivity index (χ0) is 23.4. The van der Waals surface area contributed by atoms with E-state index in [1.165, 1.54) is 35.1 Å². The average molecular weight is 467 g/mol. The lowest BCUT2D eigenvalue weighted by Crippen LogP contribution is -2.48. The molecule has 1 aliphatic rings. The SMILES string of the molecule is COc1ccc(OCC(F)(F)F)c(C(=O)N2CCOC(COn3nnc4cccnc43)C2)c1. The number of pyridine rings is 1. The molecule has 0 bridgehead atoms. The van der Waals surface area contributed by atoms with E-state index >= 15 is 0 Å². The minimum Gasteiger partial charge on any atom is -0.497 e. The second-order valence-electron chi connectivity index (χ2n) is 7.11. The van der Waals surface area contributed by atoms with Crippen molar-refractivity contribution in [3.8, 4) is 11.5 Å². The van der Waals surface area contributed by atoms with E-state index in [9.17, 15) is 18.0 Å². The minimum atomic E-state index is -4.54. The number of ether oxygens (including phenoxy) is 3. The number of benzene rings is 1. The van der Waals surface area contributed by atoms with Crippen LogP contribution in [0.3, 0.4) is 0 Å². The fraction of sp³-hybridized carbons (Fsp3) is 0.400. The third-order valence-electron chi connectivity index (χ3n) is 4.80. The Morgan fingerprint density at radius 3 is 2.94 bits per heavy atom. The van der Waals surface area contributed by atoms with Crippen molar-refractivity contribution in [2.24, 2.45) is 0 Å². The summed E-state index contributed by atoms with van der Waals surface area (Å²) in [7, 11) is 1.39. The fourth-order valence-corrected chi connectivity index (χ4v) is 3.25. The molecule has 1 atom stereocenters. The van der Waals surface area contributed by atoms with Gasteiger partial charge in [0, 0.05) is 12.7 Å². The van der Waals surface area contributed by atoms with Crippen molar-refractivity contribution < 1.29 is 37.0 Å². The first-order valence-electron chi connectivity index (χ1n) is 9.92. The van der Waals surface area contributed by atoms with E-state index in [0.29, 0.717) is 16.9 Å². The summed E-state index contributed by atoms with van der Waals surface area (Å²) in [5.74, 6) is -0.374. The summed E-state index contributed by atoms with van der Waals surface area (Å²) < 4.78 is 53.5. The van der Waals surface area contributed by atoms with Gasteiger partial charge in [0.25, 0.3) is 5.91 Å². The number of rotatable bonds is 7. The van der Waals surface area contributed by atoms with Gasteiger partial charge in [-0.1, -0.05) is 4.85 Å². The van der Waals surface area contributed by atoms with Gasteiger partial charge in [-0.2, -0.15) is 13.2 Å². The molecule has 1 saturated heterocycles. The van der Waals surface area contributed by atoms with Crippen LogP contribution in [0.5, 0.6) is 11.5 Å². The Balaban J connectivity index is 1.44. The molecule has 2 aromatic heterocycles. The van der Waals surface area contributed by atoms with Crippen LogP contribution in [0, 0.1) is 0 Å². The predicted octanol–water partition coefficient (Wildman–Crippen LogP) is 1.75. The highest BCUT2D eigenvalue weighted by Crippen LogP contribution is 2.28. The summed E-state index contributed by atoms with van der Waals surface area (Å²) in [6, 6.07) is 7.51. The summed E-state index contributed by atoms with van der Waals surface area (Å²) in [4.78, 5) is 25.5. The summed E-state index contributed by atoms with van der Waals surface area (Å²) in [6.07, 6.45) is -3.46. The molecule has 1 aromatic carbocycles. The molecule has 1 amide bonds. The first kappa shape index (κ1) is 22.6. The molecule has 0 saturated carbocycles. The van der Waals surface area contributed by atoms with E-state index in [1.54, 1.807) is 18.3 Å². The highest BCUT2D eigenvalue weighted by molar-refractivity contribution is 5.97. The molecule has 1 unspecified atom stereocenters. The summed E-state index contributed by atoms with van der Waals surface area (Å²) in [5, 5.41) is 7.82. The van der Waals surface area contributed by atoms with Crippen LogP contribution in [0.25, 0.3) is 11.2 Å². The second-order valence-corrected chi connectivity index (χ2v) is 7.11. The molecule has 0 aliphatic carbocycles. The molecule has 0 radical (unpaired) electrons. The van der Waals surface area contributed by atoms with Crippen LogP contribution in [0.15, 0.2) is 36.5 Å². The van der Waals surface area contributed by atoms with Gasteiger partial charge in [0.1, 0.15) is 29.7 Å². The van der Waals surface area contributed by atoms with Gasteiger partial charge in [-0.05, 0) is 35.5 Å². The number of fused-ring (bicyclic) bond motifs is 1. The molecule has 1 fully saturated rings. The number of aromatic nitrogens is 4. The third kappa shape index (κ3) is 5.42. The number of carbonyl (C=O) groups excluding carboxylic acids is 1. The van der Waals surface area contributed by atoms with Gasteiger partial charge >= 0.3 is 6.18 Å².